The number of rotatable bonds is 9. The van der Waals surface area contributed by atoms with Gasteiger partial charge in [0.05, 0.1) is 6.61 Å². The van der Waals surface area contributed by atoms with Gasteiger partial charge in [0.1, 0.15) is 5.82 Å². The molecule has 0 aliphatic heterocycles. The highest BCUT2D eigenvalue weighted by molar-refractivity contribution is 5.19. The second-order valence-corrected chi connectivity index (χ2v) is 6.34. The number of methoxy groups -OCH3 is 1. The predicted molar refractivity (Wildman–Crippen MR) is 85.9 cm³/mol. The van der Waals surface area contributed by atoms with Gasteiger partial charge in [-0.2, -0.15) is 0 Å². The number of nitrogens with two attached hydrogens (primary N) is 1. The monoisotopic (exact) mass is 296 g/mol. The molecule has 1 unspecified atom stereocenters. The minimum atomic E-state index is -0.198. The van der Waals surface area contributed by atoms with Crippen molar-refractivity contribution in [3.05, 3.63) is 35.6 Å². The summed E-state index contributed by atoms with van der Waals surface area (Å²) in [7, 11) is 1.71. The standard InChI is InChI=1S/C17H29FN2O/c1-14(2)12-20(8-9-21-4)17(3,13-19)11-15-6-5-7-16(18)10-15/h5-7,10,14H,8-9,11-13,19H2,1-4H3. The van der Waals surface area contributed by atoms with E-state index in [0.29, 0.717) is 19.1 Å². The zero-order valence-electron chi connectivity index (χ0n) is 13.7. The van der Waals surface area contributed by atoms with E-state index in [2.05, 4.69) is 25.7 Å². The largest absolute Gasteiger partial charge is 0.383 e. The molecule has 1 aromatic rings. The molecular weight excluding hydrogens is 267 g/mol. The summed E-state index contributed by atoms with van der Waals surface area (Å²) in [5, 5.41) is 0. The fraction of sp³-hybridized carbons (Fsp3) is 0.647. The number of halogens is 1. The number of hydrogen-bond acceptors (Lipinski definition) is 3. The summed E-state index contributed by atoms with van der Waals surface area (Å²) in [5.41, 5.74) is 6.85. The van der Waals surface area contributed by atoms with Gasteiger partial charge in [-0.3, -0.25) is 4.90 Å². The van der Waals surface area contributed by atoms with E-state index in [0.717, 1.165) is 25.1 Å². The molecule has 120 valence electrons. The van der Waals surface area contributed by atoms with Gasteiger partial charge in [-0.05, 0) is 37.0 Å². The van der Waals surface area contributed by atoms with Gasteiger partial charge in [0.2, 0.25) is 0 Å². The molecule has 0 saturated heterocycles. The van der Waals surface area contributed by atoms with Crippen molar-refractivity contribution in [2.75, 3.05) is 33.4 Å². The second kappa shape index (κ2) is 8.47. The SMILES string of the molecule is COCCN(CC(C)C)C(C)(CN)Cc1cccc(F)c1. The third-order valence-electron chi connectivity index (χ3n) is 3.83. The van der Waals surface area contributed by atoms with Gasteiger partial charge in [0, 0.05) is 32.3 Å². The van der Waals surface area contributed by atoms with Gasteiger partial charge < -0.3 is 10.5 Å². The molecule has 21 heavy (non-hydrogen) atoms. The first kappa shape index (κ1) is 18.1. The molecule has 0 aliphatic carbocycles. The molecule has 3 nitrogen and oxygen atoms in total. The van der Waals surface area contributed by atoms with E-state index in [1.807, 2.05) is 6.07 Å². The van der Waals surface area contributed by atoms with Crippen LogP contribution in [0.4, 0.5) is 4.39 Å². The van der Waals surface area contributed by atoms with Crippen molar-refractivity contribution in [2.24, 2.45) is 11.7 Å². The van der Waals surface area contributed by atoms with Crippen LogP contribution in [0, 0.1) is 11.7 Å². The van der Waals surface area contributed by atoms with Crippen molar-refractivity contribution in [1.82, 2.24) is 4.90 Å². The zero-order valence-corrected chi connectivity index (χ0v) is 13.7. The maximum atomic E-state index is 13.4. The van der Waals surface area contributed by atoms with Crippen LogP contribution in [0.3, 0.4) is 0 Å². The minimum Gasteiger partial charge on any atom is -0.383 e. The third-order valence-corrected chi connectivity index (χ3v) is 3.83. The van der Waals surface area contributed by atoms with E-state index in [9.17, 15) is 4.39 Å². The molecule has 0 aromatic heterocycles. The van der Waals surface area contributed by atoms with Crippen LogP contribution in [0.1, 0.15) is 26.3 Å². The number of benzene rings is 1. The first-order chi connectivity index (χ1) is 9.91. The summed E-state index contributed by atoms with van der Waals surface area (Å²) >= 11 is 0. The fourth-order valence-electron chi connectivity index (χ4n) is 2.62. The lowest BCUT2D eigenvalue weighted by atomic mass is 9.90. The van der Waals surface area contributed by atoms with Crippen LogP contribution in [0.5, 0.6) is 0 Å². The first-order valence-electron chi connectivity index (χ1n) is 7.60. The van der Waals surface area contributed by atoms with Crippen molar-refractivity contribution in [2.45, 2.75) is 32.7 Å². The summed E-state index contributed by atoms with van der Waals surface area (Å²) < 4.78 is 18.6. The van der Waals surface area contributed by atoms with Gasteiger partial charge in [-0.25, -0.2) is 4.39 Å². The van der Waals surface area contributed by atoms with Crippen LogP contribution in [0.25, 0.3) is 0 Å². The summed E-state index contributed by atoms with van der Waals surface area (Å²) in [6.45, 7) is 9.52. The van der Waals surface area contributed by atoms with E-state index in [-0.39, 0.29) is 11.4 Å². The highest BCUT2D eigenvalue weighted by Crippen LogP contribution is 2.22. The minimum absolute atomic E-state index is 0.195. The quantitative estimate of drug-likeness (QED) is 0.761. The van der Waals surface area contributed by atoms with E-state index in [1.54, 1.807) is 19.2 Å². The predicted octanol–water partition coefficient (Wildman–Crippen LogP) is 2.69. The molecule has 0 spiro atoms. The lowest BCUT2D eigenvalue weighted by Gasteiger charge is -2.42. The molecular formula is C17H29FN2O. The van der Waals surface area contributed by atoms with Crippen molar-refractivity contribution in [3.63, 3.8) is 0 Å². The van der Waals surface area contributed by atoms with Crippen LogP contribution in [0.15, 0.2) is 24.3 Å². The topological polar surface area (TPSA) is 38.5 Å². The normalized spacial score (nSPS) is 14.7. The summed E-state index contributed by atoms with van der Waals surface area (Å²) in [6, 6.07) is 6.78. The van der Waals surface area contributed by atoms with Gasteiger partial charge in [0.25, 0.3) is 0 Å². The molecule has 0 heterocycles. The smallest absolute Gasteiger partial charge is 0.123 e. The molecule has 1 aromatic carbocycles. The van der Waals surface area contributed by atoms with Crippen molar-refractivity contribution >= 4 is 0 Å². The van der Waals surface area contributed by atoms with Crippen LogP contribution >= 0.6 is 0 Å². The van der Waals surface area contributed by atoms with Crippen molar-refractivity contribution in [1.29, 1.82) is 0 Å². The molecule has 0 aliphatic rings. The maximum Gasteiger partial charge on any atom is 0.123 e. The van der Waals surface area contributed by atoms with E-state index in [4.69, 9.17) is 10.5 Å². The number of hydrogen-bond donors (Lipinski definition) is 1. The number of nitrogens with zero attached hydrogens (tertiary/aromatic N) is 1. The van der Waals surface area contributed by atoms with E-state index in [1.165, 1.54) is 6.07 Å². The first-order valence-corrected chi connectivity index (χ1v) is 7.60. The summed E-state index contributed by atoms with van der Waals surface area (Å²) in [6.07, 6.45) is 0.734. The van der Waals surface area contributed by atoms with Gasteiger partial charge in [0.15, 0.2) is 0 Å². The highest BCUT2D eigenvalue weighted by atomic mass is 19.1. The van der Waals surface area contributed by atoms with Crippen LogP contribution < -0.4 is 5.73 Å². The average molecular weight is 296 g/mol. The van der Waals surface area contributed by atoms with Gasteiger partial charge in [-0.15, -0.1) is 0 Å². The second-order valence-electron chi connectivity index (χ2n) is 6.34. The Kier molecular flexibility index (Phi) is 7.29. The van der Waals surface area contributed by atoms with E-state index < -0.39 is 0 Å². The van der Waals surface area contributed by atoms with E-state index >= 15 is 0 Å². The molecule has 0 amide bonds. The molecule has 0 radical (unpaired) electrons. The van der Waals surface area contributed by atoms with Gasteiger partial charge in [-0.1, -0.05) is 26.0 Å². The molecule has 1 rings (SSSR count). The molecule has 4 heteroatoms. The van der Waals surface area contributed by atoms with Gasteiger partial charge >= 0.3 is 0 Å². The Balaban J connectivity index is 2.91. The van der Waals surface area contributed by atoms with Crippen molar-refractivity contribution < 1.29 is 9.13 Å². The third kappa shape index (κ3) is 5.73. The Labute approximate surface area is 128 Å². The Morgan fingerprint density at radius 1 is 1.38 bits per heavy atom. The lowest BCUT2D eigenvalue weighted by Crippen LogP contribution is -2.55. The summed E-state index contributed by atoms with van der Waals surface area (Å²) in [5.74, 6) is 0.347. The molecule has 1 atom stereocenters. The number of ether oxygens (including phenoxy) is 1. The summed E-state index contributed by atoms with van der Waals surface area (Å²) in [4.78, 5) is 2.37. The lowest BCUT2D eigenvalue weighted by molar-refractivity contribution is 0.0606. The average Bonchev–Trinajstić information content (AvgIpc) is 2.43. The molecule has 0 bridgehead atoms. The molecule has 2 N–H and O–H groups in total. The Hall–Kier alpha value is -0.970. The maximum absolute atomic E-state index is 13.4. The van der Waals surface area contributed by atoms with Crippen molar-refractivity contribution in [3.8, 4) is 0 Å². The van der Waals surface area contributed by atoms with Crippen LogP contribution in [-0.4, -0.2) is 43.8 Å². The fourth-order valence-corrected chi connectivity index (χ4v) is 2.62. The molecule has 0 fully saturated rings. The zero-order chi connectivity index (χ0) is 15.9. The Bertz CT molecular complexity index is 425. The molecule has 0 saturated carbocycles. The highest BCUT2D eigenvalue weighted by Gasteiger charge is 2.31. The van der Waals surface area contributed by atoms with Crippen LogP contribution in [0.2, 0.25) is 0 Å². The Morgan fingerprint density at radius 2 is 2.10 bits per heavy atom. The Morgan fingerprint density at radius 3 is 2.62 bits per heavy atom. The van der Waals surface area contributed by atoms with Crippen LogP contribution in [-0.2, 0) is 11.2 Å².